The normalized spacial score (nSPS) is 10.9. The standard InChI is InChI=1S/C21H23F2N5/c1-28(2)12-6-11-24-20-14-19(15-7-4-3-5-8-15)26-21(27-20)25-18-10-9-16(22)13-17(18)23/h3-5,7-10,13-14H,6,11-12H2,1-2H3,(H2,24,25,26,27). The highest BCUT2D eigenvalue weighted by Gasteiger charge is 2.10. The fourth-order valence-electron chi connectivity index (χ4n) is 2.67. The number of benzene rings is 2. The third-order valence-corrected chi connectivity index (χ3v) is 4.06. The van der Waals surface area contributed by atoms with Gasteiger partial charge in [-0.25, -0.2) is 13.8 Å². The Bertz CT molecular complexity index is 916. The number of rotatable bonds is 8. The summed E-state index contributed by atoms with van der Waals surface area (Å²) in [6.45, 7) is 1.70. The second kappa shape index (κ2) is 9.23. The van der Waals surface area contributed by atoms with E-state index in [9.17, 15) is 8.78 Å². The molecule has 3 aromatic rings. The Morgan fingerprint density at radius 1 is 0.964 bits per heavy atom. The minimum Gasteiger partial charge on any atom is -0.370 e. The molecule has 0 fully saturated rings. The molecule has 0 saturated heterocycles. The number of anilines is 3. The molecule has 28 heavy (non-hydrogen) atoms. The van der Waals surface area contributed by atoms with Gasteiger partial charge in [0.1, 0.15) is 17.5 Å². The predicted molar refractivity (Wildman–Crippen MR) is 109 cm³/mol. The summed E-state index contributed by atoms with van der Waals surface area (Å²) >= 11 is 0. The van der Waals surface area contributed by atoms with E-state index in [1.165, 1.54) is 12.1 Å². The van der Waals surface area contributed by atoms with Crippen molar-refractivity contribution in [2.24, 2.45) is 0 Å². The van der Waals surface area contributed by atoms with Gasteiger partial charge in [0.15, 0.2) is 0 Å². The van der Waals surface area contributed by atoms with E-state index in [-0.39, 0.29) is 11.6 Å². The largest absolute Gasteiger partial charge is 0.370 e. The summed E-state index contributed by atoms with van der Waals surface area (Å²) in [6, 6.07) is 14.9. The molecule has 7 heteroatoms. The molecule has 5 nitrogen and oxygen atoms in total. The lowest BCUT2D eigenvalue weighted by Gasteiger charge is -2.13. The number of nitrogens with one attached hydrogen (secondary N) is 2. The van der Waals surface area contributed by atoms with Gasteiger partial charge in [0.05, 0.1) is 11.4 Å². The van der Waals surface area contributed by atoms with Crippen LogP contribution in [0.1, 0.15) is 6.42 Å². The Kier molecular flexibility index (Phi) is 6.49. The van der Waals surface area contributed by atoms with Crippen LogP contribution < -0.4 is 10.6 Å². The van der Waals surface area contributed by atoms with Crippen molar-refractivity contribution in [3.8, 4) is 11.3 Å². The quantitative estimate of drug-likeness (QED) is 0.560. The van der Waals surface area contributed by atoms with Gasteiger partial charge in [0.2, 0.25) is 5.95 Å². The van der Waals surface area contributed by atoms with E-state index in [0.29, 0.717) is 11.5 Å². The van der Waals surface area contributed by atoms with E-state index in [2.05, 4.69) is 25.5 Å². The molecule has 146 valence electrons. The van der Waals surface area contributed by atoms with E-state index in [4.69, 9.17) is 0 Å². The highest BCUT2D eigenvalue weighted by Crippen LogP contribution is 2.24. The third kappa shape index (κ3) is 5.47. The molecule has 1 heterocycles. The van der Waals surface area contributed by atoms with Gasteiger partial charge in [-0.2, -0.15) is 4.98 Å². The maximum atomic E-state index is 14.0. The Balaban J connectivity index is 1.86. The van der Waals surface area contributed by atoms with Gasteiger partial charge in [-0.3, -0.25) is 0 Å². The topological polar surface area (TPSA) is 53.1 Å². The van der Waals surface area contributed by atoms with Crippen LogP contribution in [-0.2, 0) is 0 Å². The Morgan fingerprint density at radius 3 is 2.46 bits per heavy atom. The summed E-state index contributed by atoms with van der Waals surface area (Å²) in [5.41, 5.74) is 1.74. The molecule has 0 amide bonds. The lowest BCUT2D eigenvalue weighted by molar-refractivity contribution is 0.405. The zero-order chi connectivity index (χ0) is 19.9. The number of halogens is 2. The summed E-state index contributed by atoms with van der Waals surface area (Å²) < 4.78 is 27.2. The van der Waals surface area contributed by atoms with Crippen LogP contribution in [0.25, 0.3) is 11.3 Å². The van der Waals surface area contributed by atoms with Gasteiger partial charge in [-0.1, -0.05) is 30.3 Å². The summed E-state index contributed by atoms with van der Waals surface area (Å²) in [5.74, 6) is -0.459. The first kappa shape index (κ1) is 19.7. The molecule has 3 rings (SSSR count). The van der Waals surface area contributed by atoms with Gasteiger partial charge < -0.3 is 15.5 Å². The Morgan fingerprint density at radius 2 is 1.75 bits per heavy atom. The van der Waals surface area contributed by atoms with E-state index < -0.39 is 11.6 Å². The first-order chi connectivity index (χ1) is 13.5. The Hall–Kier alpha value is -3.06. The minimum absolute atomic E-state index is 0.116. The summed E-state index contributed by atoms with van der Waals surface area (Å²) in [6.07, 6.45) is 0.951. The van der Waals surface area contributed by atoms with Crippen LogP contribution in [0.5, 0.6) is 0 Å². The second-order valence-electron chi connectivity index (χ2n) is 6.66. The van der Waals surface area contributed by atoms with Crippen molar-refractivity contribution >= 4 is 17.5 Å². The molecule has 0 unspecified atom stereocenters. The first-order valence-corrected chi connectivity index (χ1v) is 9.06. The number of hydrogen-bond acceptors (Lipinski definition) is 5. The fraction of sp³-hybridized carbons (Fsp3) is 0.238. The highest BCUT2D eigenvalue weighted by molar-refractivity contribution is 5.66. The molecule has 0 aliphatic heterocycles. The number of hydrogen-bond donors (Lipinski definition) is 2. The van der Waals surface area contributed by atoms with E-state index in [0.717, 1.165) is 31.1 Å². The van der Waals surface area contributed by atoms with Gasteiger partial charge in [0, 0.05) is 24.2 Å². The average molecular weight is 383 g/mol. The van der Waals surface area contributed by atoms with Crippen LogP contribution in [0.3, 0.4) is 0 Å². The molecule has 0 bridgehead atoms. The first-order valence-electron chi connectivity index (χ1n) is 9.06. The average Bonchev–Trinajstić information content (AvgIpc) is 2.68. The molecular weight excluding hydrogens is 360 g/mol. The van der Waals surface area contributed by atoms with Crippen LogP contribution in [0.2, 0.25) is 0 Å². The minimum atomic E-state index is -0.700. The van der Waals surface area contributed by atoms with Crippen molar-refractivity contribution in [1.29, 1.82) is 0 Å². The smallest absolute Gasteiger partial charge is 0.229 e. The Labute approximate surface area is 163 Å². The van der Waals surface area contributed by atoms with E-state index >= 15 is 0 Å². The van der Waals surface area contributed by atoms with Crippen LogP contribution in [-0.4, -0.2) is 42.1 Å². The lowest BCUT2D eigenvalue weighted by atomic mass is 10.1. The highest BCUT2D eigenvalue weighted by atomic mass is 19.1. The molecular formula is C21H23F2N5. The second-order valence-corrected chi connectivity index (χ2v) is 6.66. The van der Waals surface area contributed by atoms with E-state index in [1.807, 2.05) is 50.5 Å². The van der Waals surface area contributed by atoms with Gasteiger partial charge in [0.25, 0.3) is 0 Å². The number of aromatic nitrogens is 2. The van der Waals surface area contributed by atoms with Gasteiger partial charge in [-0.15, -0.1) is 0 Å². The molecule has 1 aromatic heterocycles. The van der Waals surface area contributed by atoms with Crippen LogP contribution in [0, 0.1) is 11.6 Å². The van der Waals surface area contributed by atoms with Crippen LogP contribution in [0.4, 0.5) is 26.2 Å². The van der Waals surface area contributed by atoms with Crippen molar-refractivity contribution in [2.75, 3.05) is 37.8 Å². The monoisotopic (exact) mass is 383 g/mol. The van der Waals surface area contributed by atoms with Crippen LogP contribution >= 0.6 is 0 Å². The van der Waals surface area contributed by atoms with Crippen molar-refractivity contribution in [2.45, 2.75) is 6.42 Å². The lowest BCUT2D eigenvalue weighted by Crippen LogP contribution is -2.17. The van der Waals surface area contributed by atoms with Crippen molar-refractivity contribution in [3.05, 3.63) is 66.2 Å². The fourth-order valence-corrected chi connectivity index (χ4v) is 2.67. The molecule has 0 saturated carbocycles. The van der Waals surface area contributed by atoms with E-state index in [1.54, 1.807) is 0 Å². The molecule has 0 atom stereocenters. The van der Waals surface area contributed by atoms with Crippen molar-refractivity contribution in [3.63, 3.8) is 0 Å². The number of nitrogens with zero attached hydrogens (tertiary/aromatic N) is 3. The molecule has 0 aliphatic carbocycles. The van der Waals surface area contributed by atoms with Crippen molar-refractivity contribution < 1.29 is 8.78 Å². The maximum absolute atomic E-state index is 14.0. The predicted octanol–water partition coefficient (Wildman–Crippen LogP) is 4.53. The zero-order valence-corrected chi connectivity index (χ0v) is 15.9. The van der Waals surface area contributed by atoms with Gasteiger partial charge in [-0.05, 0) is 39.2 Å². The zero-order valence-electron chi connectivity index (χ0n) is 15.9. The summed E-state index contributed by atoms with van der Waals surface area (Å²) in [5, 5.41) is 6.14. The SMILES string of the molecule is CN(C)CCCNc1cc(-c2ccccc2)nc(Nc2ccc(F)cc2F)n1. The maximum Gasteiger partial charge on any atom is 0.229 e. The third-order valence-electron chi connectivity index (χ3n) is 4.06. The molecule has 0 radical (unpaired) electrons. The summed E-state index contributed by atoms with van der Waals surface area (Å²) in [7, 11) is 4.05. The summed E-state index contributed by atoms with van der Waals surface area (Å²) in [4.78, 5) is 11.0. The van der Waals surface area contributed by atoms with Gasteiger partial charge >= 0.3 is 0 Å². The molecule has 0 spiro atoms. The molecule has 0 aliphatic rings. The molecule has 2 aromatic carbocycles. The van der Waals surface area contributed by atoms with Crippen molar-refractivity contribution in [1.82, 2.24) is 14.9 Å². The van der Waals surface area contributed by atoms with Crippen LogP contribution in [0.15, 0.2) is 54.6 Å². The molecule has 2 N–H and O–H groups in total.